The summed E-state index contributed by atoms with van der Waals surface area (Å²) in [6.07, 6.45) is 4.73. The summed E-state index contributed by atoms with van der Waals surface area (Å²) in [7, 11) is 1.59. The average molecular weight is 291 g/mol. The fourth-order valence-electron chi connectivity index (χ4n) is 2.87. The topological polar surface area (TPSA) is 47.6 Å². The lowest BCUT2D eigenvalue weighted by molar-refractivity contribution is 0.0910. The van der Waals surface area contributed by atoms with Gasteiger partial charge in [-0.1, -0.05) is 19.8 Å². The van der Waals surface area contributed by atoms with E-state index in [1.165, 1.54) is 19.3 Å². The predicted molar refractivity (Wildman–Crippen MR) is 83.0 cm³/mol. The molecule has 21 heavy (non-hydrogen) atoms. The molecule has 2 rings (SSSR count). The van der Waals surface area contributed by atoms with Crippen LogP contribution in [0.4, 0.5) is 0 Å². The highest BCUT2D eigenvalue weighted by atomic mass is 16.5. The predicted octanol–water partition coefficient (Wildman–Crippen LogP) is 3.40. The van der Waals surface area contributed by atoms with Gasteiger partial charge in [0.25, 0.3) is 5.91 Å². The molecule has 1 saturated carbocycles. The number of carbonyl (C=O) groups excluding carboxylic acids is 1. The molecule has 0 heterocycles. The van der Waals surface area contributed by atoms with Crippen molar-refractivity contribution in [3.63, 3.8) is 0 Å². The number of carbonyl (C=O) groups is 1. The smallest absolute Gasteiger partial charge is 0.251 e. The maximum atomic E-state index is 12.4. The van der Waals surface area contributed by atoms with Crippen LogP contribution in [0.15, 0.2) is 18.2 Å². The first kappa shape index (κ1) is 15.7. The van der Waals surface area contributed by atoms with Crippen molar-refractivity contribution in [3.8, 4) is 11.5 Å². The van der Waals surface area contributed by atoms with E-state index in [-0.39, 0.29) is 11.9 Å². The molecule has 116 valence electrons. The van der Waals surface area contributed by atoms with Gasteiger partial charge >= 0.3 is 0 Å². The number of nitrogens with one attached hydrogen (secondary N) is 1. The molecule has 0 unspecified atom stereocenters. The lowest BCUT2D eigenvalue weighted by Crippen LogP contribution is -2.41. The SMILES string of the molecule is CCOc1ccc(C(=O)N[C@H]2CCCC[C@@H]2C)cc1OC. The Hall–Kier alpha value is -1.71. The Kier molecular flexibility index (Phi) is 5.48. The molecule has 1 aromatic rings. The Bertz CT molecular complexity index is 487. The van der Waals surface area contributed by atoms with Crippen molar-refractivity contribution in [2.45, 2.75) is 45.6 Å². The van der Waals surface area contributed by atoms with Crippen LogP contribution in [0.1, 0.15) is 49.9 Å². The third kappa shape index (κ3) is 3.90. The zero-order valence-electron chi connectivity index (χ0n) is 13.1. The van der Waals surface area contributed by atoms with Crippen LogP contribution in [0.5, 0.6) is 11.5 Å². The molecular weight excluding hydrogens is 266 g/mol. The molecule has 4 heteroatoms. The van der Waals surface area contributed by atoms with E-state index in [0.29, 0.717) is 29.6 Å². The maximum absolute atomic E-state index is 12.4. The van der Waals surface area contributed by atoms with E-state index in [4.69, 9.17) is 9.47 Å². The number of amides is 1. The van der Waals surface area contributed by atoms with Gasteiger partial charge in [0.1, 0.15) is 0 Å². The zero-order valence-corrected chi connectivity index (χ0v) is 13.1. The molecule has 1 aliphatic rings. The van der Waals surface area contributed by atoms with Crippen LogP contribution in [-0.4, -0.2) is 25.7 Å². The number of hydrogen-bond donors (Lipinski definition) is 1. The van der Waals surface area contributed by atoms with Crippen LogP contribution < -0.4 is 14.8 Å². The fraction of sp³-hybridized carbons (Fsp3) is 0.588. The Morgan fingerprint density at radius 1 is 1.29 bits per heavy atom. The summed E-state index contributed by atoms with van der Waals surface area (Å²) in [5.74, 6) is 1.78. The summed E-state index contributed by atoms with van der Waals surface area (Å²) in [6.45, 7) is 4.70. The molecular formula is C17H25NO3. The minimum absolute atomic E-state index is 0.0323. The van der Waals surface area contributed by atoms with Gasteiger partial charge in [0.2, 0.25) is 0 Å². The first-order valence-electron chi connectivity index (χ1n) is 7.77. The van der Waals surface area contributed by atoms with Gasteiger partial charge in [-0.05, 0) is 43.9 Å². The summed E-state index contributed by atoms with van der Waals surface area (Å²) >= 11 is 0. The number of methoxy groups -OCH3 is 1. The molecule has 2 atom stereocenters. The highest BCUT2D eigenvalue weighted by molar-refractivity contribution is 5.95. The van der Waals surface area contributed by atoms with Crippen molar-refractivity contribution in [1.29, 1.82) is 0 Å². The van der Waals surface area contributed by atoms with Gasteiger partial charge < -0.3 is 14.8 Å². The van der Waals surface area contributed by atoms with E-state index in [1.54, 1.807) is 25.3 Å². The van der Waals surface area contributed by atoms with E-state index in [2.05, 4.69) is 12.2 Å². The second-order valence-electron chi connectivity index (χ2n) is 5.64. The fourth-order valence-corrected chi connectivity index (χ4v) is 2.87. The number of ether oxygens (including phenoxy) is 2. The summed E-state index contributed by atoms with van der Waals surface area (Å²) < 4.78 is 10.8. The van der Waals surface area contributed by atoms with Gasteiger partial charge in [-0.25, -0.2) is 0 Å². The third-order valence-corrected chi connectivity index (χ3v) is 4.15. The van der Waals surface area contributed by atoms with Crippen LogP contribution in [0.2, 0.25) is 0 Å². The Morgan fingerprint density at radius 3 is 2.71 bits per heavy atom. The van der Waals surface area contributed by atoms with Gasteiger partial charge in [0.05, 0.1) is 13.7 Å². The summed E-state index contributed by atoms with van der Waals surface area (Å²) in [6, 6.07) is 5.61. The monoisotopic (exact) mass is 291 g/mol. The minimum Gasteiger partial charge on any atom is -0.493 e. The molecule has 0 spiro atoms. The van der Waals surface area contributed by atoms with Gasteiger partial charge in [-0.15, -0.1) is 0 Å². The highest BCUT2D eigenvalue weighted by Gasteiger charge is 2.23. The Labute approximate surface area is 126 Å². The van der Waals surface area contributed by atoms with Crippen molar-refractivity contribution in [1.82, 2.24) is 5.32 Å². The van der Waals surface area contributed by atoms with Crippen molar-refractivity contribution >= 4 is 5.91 Å². The van der Waals surface area contributed by atoms with E-state index in [0.717, 1.165) is 6.42 Å². The Morgan fingerprint density at radius 2 is 2.05 bits per heavy atom. The number of rotatable bonds is 5. The van der Waals surface area contributed by atoms with Crippen LogP contribution in [0, 0.1) is 5.92 Å². The van der Waals surface area contributed by atoms with Crippen LogP contribution in [-0.2, 0) is 0 Å². The van der Waals surface area contributed by atoms with Crippen molar-refractivity contribution in [3.05, 3.63) is 23.8 Å². The van der Waals surface area contributed by atoms with Gasteiger partial charge in [0.15, 0.2) is 11.5 Å². The van der Waals surface area contributed by atoms with E-state index in [1.807, 2.05) is 6.92 Å². The average Bonchev–Trinajstić information content (AvgIpc) is 2.50. The normalized spacial score (nSPS) is 21.7. The Balaban J connectivity index is 2.08. The molecule has 0 aromatic heterocycles. The summed E-state index contributed by atoms with van der Waals surface area (Å²) in [4.78, 5) is 12.4. The third-order valence-electron chi connectivity index (χ3n) is 4.15. The van der Waals surface area contributed by atoms with E-state index in [9.17, 15) is 4.79 Å². The van der Waals surface area contributed by atoms with E-state index < -0.39 is 0 Å². The van der Waals surface area contributed by atoms with Crippen LogP contribution in [0.25, 0.3) is 0 Å². The second kappa shape index (κ2) is 7.34. The number of hydrogen-bond acceptors (Lipinski definition) is 3. The first-order chi connectivity index (χ1) is 10.2. The molecule has 0 radical (unpaired) electrons. The molecule has 0 aliphatic heterocycles. The largest absolute Gasteiger partial charge is 0.493 e. The molecule has 1 aromatic carbocycles. The van der Waals surface area contributed by atoms with Crippen LogP contribution in [0.3, 0.4) is 0 Å². The van der Waals surface area contributed by atoms with Crippen molar-refractivity contribution < 1.29 is 14.3 Å². The molecule has 1 fully saturated rings. The first-order valence-corrected chi connectivity index (χ1v) is 7.77. The quantitative estimate of drug-likeness (QED) is 0.904. The van der Waals surface area contributed by atoms with Crippen molar-refractivity contribution in [2.75, 3.05) is 13.7 Å². The molecule has 1 aliphatic carbocycles. The van der Waals surface area contributed by atoms with Crippen LogP contribution >= 0.6 is 0 Å². The molecule has 0 bridgehead atoms. The second-order valence-corrected chi connectivity index (χ2v) is 5.64. The molecule has 1 amide bonds. The summed E-state index contributed by atoms with van der Waals surface area (Å²) in [5.41, 5.74) is 0.619. The van der Waals surface area contributed by atoms with Crippen molar-refractivity contribution in [2.24, 2.45) is 5.92 Å². The lowest BCUT2D eigenvalue weighted by Gasteiger charge is -2.29. The molecule has 4 nitrogen and oxygen atoms in total. The van der Waals surface area contributed by atoms with Gasteiger partial charge in [-0.3, -0.25) is 4.79 Å². The highest BCUT2D eigenvalue weighted by Crippen LogP contribution is 2.29. The number of benzene rings is 1. The maximum Gasteiger partial charge on any atom is 0.251 e. The minimum atomic E-state index is -0.0323. The van der Waals surface area contributed by atoms with E-state index >= 15 is 0 Å². The standard InChI is InChI=1S/C17H25NO3/c1-4-21-15-10-9-13(11-16(15)20-3)17(19)18-14-8-6-5-7-12(14)2/h9-12,14H,4-8H2,1-3H3,(H,18,19)/t12-,14-/m0/s1. The van der Waals surface area contributed by atoms with Gasteiger partial charge in [0, 0.05) is 11.6 Å². The van der Waals surface area contributed by atoms with Gasteiger partial charge in [-0.2, -0.15) is 0 Å². The molecule has 1 N–H and O–H groups in total. The molecule has 0 saturated heterocycles. The summed E-state index contributed by atoms with van der Waals surface area (Å²) in [5, 5.41) is 3.15. The zero-order chi connectivity index (χ0) is 15.2. The lowest BCUT2D eigenvalue weighted by atomic mass is 9.86.